The number of aliphatic hydroxyl groups excluding tert-OH is 1. The number of aromatic amines is 1. The van der Waals surface area contributed by atoms with E-state index < -0.39 is 6.10 Å². The van der Waals surface area contributed by atoms with E-state index in [1.54, 1.807) is 0 Å². The third-order valence-electron chi connectivity index (χ3n) is 3.86. The van der Waals surface area contributed by atoms with Crippen LogP contribution in [0.3, 0.4) is 0 Å². The average molecular weight is 272 g/mol. The van der Waals surface area contributed by atoms with Crippen LogP contribution in [-0.2, 0) is 6.54 Å². The number of aryl methyl sites for hydroxylation is 1. The van der Waals surface area contributed by atoms with Gasteiger partial charge >= 0.3 is 0 Å². The van der Waals surface area contributed by atoms with E-state index in [4.69, 9.17) is 5.73 Å². The van der Waals surface area contributed by atoms with Crippen LogP contribution < -0.4 is 5.73 Å². The molecule has 1 aromatic carbocycles. The van der Waals surface area contributed by atoms with E-state index in [9.17, 15) is 5.11 Å². The highest BCUT2D eigenvalue weighted by molar-refractivity contribution is 5.62. The number of benzene rings is 1. The molecule has 2 aromatic rings. The van der Waals surface area contributed by atoms with Gasteiger partial charge < -0.3 is 10.8 Å². The molecule has 0 radical (unpaired) electrons. The summed E-state index contributed by atoms with van der Waals surface area (Å²) < 4.78 is 0. The zero-order valence-electron chi connectivity index (χ0n) is 11.6. The number of hydrogen-bond acceptors (Lipinski definition) is 4. The van der Waals surface area contributed by atoms with Crippen molar-refractivity contribution in [2.24, 2.45) is 5.73 Å². The molecule has 3 rings (SSSR count). The van der Waals surface area contributed by atoms with Crippen molar-refractivity contribution in [3.63, 3.8) is 0 Å². The molecule has 0 aliphatic carbocycles. The highest BCUT2D eigenvalue weighted by Gasteiger charge is 2.28. The third kappa shape index (κ3) is 2.60. The summed E-state index contributed by atoms with van der Waals surface area (Å²) in [5, 5.41) is 16.9. The standard InChI is InChI=1S/C15H20N4O/c1-10-2-4-11(5-3-10)15-12(6-17-18-15)7-19-8-13(16)14(20)9-19/h2-6,13-14,20H,7-9,16H2,1H3,(H,17,18)/t13-,14-/m1/s1. The summed E-state index contributed by atoms with van der Waals surface area (Å²) in [7, 11) is 0. The van der Waals surface area contributed by atoms with Crippen LogP contribution in [0, 0.1) is 6.92 Å². The molecule has 5 nitrogen and oxygen atoms in total. The maximum Gasteiger partial charge on any atom is 0.0830 e. The molecule has 0 amide bonds. The molecule has 106 valence electrons. The lowest BCUT2D eigenvalue weighted by Crippen LogP contribution is -2.32. The van der Waals surface area contributed by atoms with Gasteiger partial charge in [-0.15, -0.1) is 0 Å². The number of nitrogens with zero attached hydrogens (tertiary/aromatic N) is 2. The van der Waals surface area contributed by atoms with Gasteiger partial charge in [-0.05, 0) is 12.5 Å². The Labute approximate surface area is 118 Å². The smallest absolute Gasteiger partial charge is 0.0830 e. The number of H-pyrrole nitrogens is 1. The molecule has 2 atom stereocenters. The lowest BCUT2D eigenvalue weighted by molar-refractivity contribution is 0.164. The molecule has 0 unspecified atom stereocenters. The van der Waals surface area contributed by atoms with E-state index in [0.29, 0.717) is 6.54 Å². The van der Waals surface area contributed by atoms with Crippen molar-refractivity contribution in [1.82, 2.24) is 15.1 Å². The molecule has 20 heavy (non-hydrogen) atoms. The normalized spacial score (nSPS) is 23.4. The number of aromatic nitrogens is 2. The van der Waals surface area contributed by atoms with Gasteiger partial charge in [-0.1, -0.05) is 29.8 Å². The van der Waals surface area contributed by atoms with Crippen LogP contribution in [0.25, 0.3) is 11.3 Å². The van der Waals surface area contributed by atoms with Gasteiger partial charge in [-0.3, -0.25) is 10.00 Å². The Balaban J connectivity index is 1.79. The van der Waals surface area contributed by atoms with Crippen molar-refractivity contribution in [3.8, 4) is 11.3 Å². The zero-order chi connectivity index (χ0) is 14.1. The number of aliphatic hydroxyl groups is 1. The minimum Gasteiger partial charge on any atom is -0.390 e. The summed E-state index contributed by atoms with van der Waals surface area (Å²) in [6, 6.07) is 8.23. The third-order valence-corrected chi connectivity index (χ3v) is 3.86. The van der Waals surface area contributed by atoms with E-state index in [1.807, 2.05) is 6.20 Å². The largest absolute Gasteiger partial charge is 0.390 e. The number of nitrogens with one attached hydrogen (secondary N) is 1. The Morgan fingerprint density at radius 3 is 2.75 bits per heavy atom. The van der Waals surface area contributed by atoms with Crippen LogP contribution in [0.15, 0.2) is 30.5 Å². The first kappa shape index (κ1) is 13.3. The minimum atomic E-state index is -0.426. The van der Waals surface area contributed by atoms with Gasteiger partial charge in [0.15, 0.2) is 0 Å². The van der Waals surface area contributed by atoms with Gasteiger partial charge in [0, 0.05) is 31.2 Å². The Kier molecular flexibility index (Phi) is 3.56. The summed E-state index contributed by atoms with van der Waals surface area (Å²) in [6.45, 7) is 4.18. The summed E-state index contributed by atoms with van der Waals surface area (Å²) >= 11 is 0. The second-order valence-electron chi connectivity index (χ2n) is 5.56. The number of β-amino-alcohol motifs (C(OH)–C–C–N with tert-alkyl or cyclic N) is 1. The predicted molar refractivity (Wildman–Crippen MR) is 78.0 cm³/mol. The van der Waals surface area contributed by atoms with Crippen LogP contribution in [-0.4, -0.2) is 45.4 Å². The molecule has 0 bridgehead atoms. The highest BCUT2D eigenvalue weighted by Crippen LogP contribution is 2.23. The molecule has 1 fully saturated rings. The molecular formula is C15H20N4O. The number of nitrogens with two attached hydrogens (primary N) is 1. The minimum absolute atomic E-state index is 0.148. The molecule has 1 saturated heterocycles. The first-order valence-electron chi connectivity index (χ1n) is 6.89. The molecule has 1 aliphatic heterocycles. The topological polar surface area (TPSA) is 78.2 Å². The first-order valence-corrected chi connectivity index (χ1v) is 6.89. The lowest BCUT2D eigenvalue weighted by atomic mass is 10.1. The average Bonchev–Trinajstić information content (AvgIpc) is 2.99. The van der Waals surface area contributed by atoms with Crippen molar-refractivity contribution < 1.29 is 5.11 Å². The van der Waals surface area contributed by atoms with Crippen molar-refractivity contribution in [2.75, 3.05) is 13.1 Å². The number of rotatable bonds is 3. The molecular weight excluding hydrogens is 252 g/mol. The van der Waals surface area contributed by atoms with E-state index in [1.165, 1.54) is 5.56 Å². The molecule has 0 saturated carbocycles. The number of likely N-dealkylation sites (tertiary alicyclic amines) is 1. The molecule has 1 aliphatic rings. The van der Waals surface area contributed by atoms with E-state index in [2.05, 4.69) is 46.3 Å². The molecule has 0 spiro atoms. The predicted octanol–water partition coefficient (Wildman–Crippen LogP) is 0.889. The molecule has 1 aromatic heterocycles. The summed E-state index contributed by atoms with van der Waals surface area (Å²) in [6.07, 6.45) is 1.43. The van der Waals surface area contributed by atoms with Crippen LogP contribution in [0.5, 0.6) is 0 Å². The Hall–Kier alpha value is -1.69. The quantitative estimate of drug-likeness (QED) is 0.775. The maximum atomic E-state index is 9.72. The summed E-state index contributed by atoms with van der Waals surface area (Å²) in [5.74, 6) is 0. The van der Waals surface area contributed by atoms with E-state index in [0.717, 1.165) is 29.9 Å². The summed E-state index contributed by atoms with van der Waals surface area (Å²) in [5.41, 5.74) is 10.4. The monoisotopic (exact) mass is 272 g/mol. The molecule has 4 N–H and O–H groups in total. The van der Waals surface area contributed by atoms with Crippen molar-refractivity contribution in [3.05, 3.63) is 41.6 Å². The van der Waals surface area contributed by atoms with Crippen LogP contribution in [0.2, 0.25) is 0 Å². The van der Waals surface area contributed by atoms with Crippen LogP contribution in [0.4, 0.5) is 0 Å². The fourth-order valence-electron chi connectivity index (χ4n) is 2.67. The van der Waals surface area contributed by atoms with Crippen LogP contribution >= 0.6 is 0 Å². The van der Waals surface area contributed by atoms with Gasteiger partial charge in [0.25, 0.3) is 0 Å². The highest BCUT2D eigenvalue weighted by atomic mass is 16.3. The Bertz CT molecular complexity index is 568. The second-order valence-corrected chi connectivity index (χ2v) is 5.56. The fraction of sp³-hybridized carbons (Fsp3) is 0.400. The van der Waals surface area contributed by atoms with Gasteiger partial charge in [-0.2, -0.15) is 5.10 Å². The summed E-state index contributed by atoms with van der Waals surface area (Å²) in [4.78, 5) is 2.16. The molecule has 5 heteroatoms. The molecule has 2 heterocycles. The van der Waals surface area contributed by atoms with Crippen LogP contribution in [0.1, 0.15) is 11.1 Å². The van der Waals surface area contributed by atoms with Crippen molar-refractivity contribution >= 4 is 0 Å². The number of hydrogen-bond donors (Lipinski definition) is 3. The van der Waals surface area contributed by atoms with Gasteiger partial charge in [0.05, 0.1) is 18.0 Å². The van der Waals surface area contributed by atoms with Crippen molar-refractivity contribution in [1.29, 1.82) is 0 Å². The Morgan fingerprint density at radius 2 is 2.10 bits per heavy atom. The maximum absolute atomic E-state index is 9.72. The first-order chi connectivity index (χ1) is 9.63. The van der Waals surface area contributed by atoms with Crippen molar-refractivity contribution in [2.45, 2.75) is 25.6 Å². The van der Waals surface area contributed by atoms with E-state index >= 15 is 0 Å². The van der Waals surface area contributed by atoms with Gasteiger partial charge in [-0.25, -0.2) is 0 Å². The fourth-order valence-corrected chi connectivity index (χ4v) is 2.67. The Morgan fingerprint density at radius 1 is 1.35 bits per heavy atom. The lowest BCUT2D eigenvalue weighted by Gasteiger charge is -2.14. The SMILES string of the molecule is Cc1ccc(-c2[nH]ncc2CN2C[C@@H](N)[C@H](O)C2)cc1. The zero-order valence-corrected chi connectivity index (χ0v) is 11.6. The second kappa shape index (κ2) is 5.36. The van der Waals surface area contributed by atoms with Gasteiger partial charge in [0.1, 0.15) is 0 Å². The van der Waals surface area contributed by atoms with Gasteiger partial charge in [0.2, 0.25) is 0 Å². The van der Waals surface area contributed by atoms with E-state index in [-0.39, 0.29) is 6.04 Å².